The summed E-state index contributed by atoms with van der Waals surface area (Å²) in [6, 6.07) is 6.27. The van der Waals surface area contributed by atoms with Crippen LogP contribution in [0.1, 0.15) is 34.8 Å². The topological polar surface area (TPSA) is 83.1 Å². The second-order valence-electron chi connectivity index (χ2n) is 6.01. The third-order valence-corrected chi connectivity index (χ3v) is 7.24. The molecular formula is C17H19BrN2O3S3. The fraction of sp³-hybridized carbons (Fsp3) is 0.353. The van der Waals surface area contributed by atoms with Crippen molar-refractivity contribution in [3.8, 4) is 0 Å². The van der Waals surface area contributed by atoms with Gasteiger partial charge in [0.1, 0.15) is 0 Å². The van der Waals surface area contributed by atoms with Crippen LogP contribution >= 0.6 is 39.0 Å². The van der Waals surface area contributed by atoms with Crippen molar-refractivity contribution in [1.29, 1.82) is 0 Å². The number of rotatable bonds is 8. The van der Waals surface area contributed by atoms with Crippen LogP contribution in [0.15, 0.2) is 34.5 Å². The summed E-state index contributed by atoms with van der Waals surface area (Å²) in [7, 11) is -3.95. The summed E-state index contributed by atoms with van der Waals surface area (Å²) in [6.07, 6.45) is 6.93. The van der Waals surface area contributed by atoms with Crippen molar-refractivity contribution in [3.63, 3.8) is 0 Å². The predicted octanol–water partition coefficient (Wildman–Crippen LogP) is 5.05. The zero-order valence-corrected chi connectivity index (χ0v) is 18.1. The number of hydrogen-bond acceptors (Lipinski definition) is 5. The SMILES string of the molecule is CSCc1cccc2c(C(CCCS(=O)(=O)O)c3cnc(Br)s3)c[nH]c12. The van der Waals surface area contributed by atoms with Crippen molar-refractivity contribution >= 4 is 60.0 Å². The van der Waals surface area contributed by atoms with Gasteiger partial charge in [-0.3, -0.25) is 4.55 Å². The average Bonchev–Trinajstić information content (AvgIpc) is 3.18. The van der Waals surface area contributed by atoms with Crippen LogP contribution in [0.3, 0.4) is 0 Å². The molecule has 5 nitrogen and oxygen atoms in total. The molecule has 0 amide bonds. The summed E-state index contributed by atoms with van der Waals surface area (Å²) in [5, 5.41) is 1.15. The first-order valence-corrected chi connectivity index (χ1v) is 12.6. The number of fused-ring (bicyclic) bond motifs is 1. The van der Waals surface area contributed by atoms with E-state index in [1.165, 1.54) is 5.56 Å². The highest BCUT2D eigenvalue weighted by Crippen LogP contribution is 2.38. The fourth-order valence-electron chi connectivity index (χ4n) is 3.15. The molecule has 1 atom stereocenters. The second-order valence-corrected chi connectivity index (χ2v) is 10.8. The number of thioether (sulfide) groups is 1. The van der Waals surface area contributed by atoms with Gasteiger partial charge in [-0.25, -0.2) is 4.98 Å². The number of para-hydroxylation sites is 1. The van der Waals surface area contributed by atoms with E-state index < -0.39 is 10.1 Å². The molecule has 0 fully saturated rings. The third-order valence-electron chi connectivity index (χ3n) is 4.24. The van der Waals surface area contributed by atoms with Gasteiger partial charge in [0, 0.05) is 39.8 Å². The number of halogens is 1. The minimum absolute atomic E-state index is 0.0267. The van der Waals surface area contributed by atoms with Gasteiger partial charge in [0.2, 0.25) is 0 Å². The van der Waals surface area contributed by atoms with Crippen LogP contribution in [0.4, 0.5) is 0 Å². The number of aromatic amines is 1. The fourth-order valence-corrected chi connectivity index (χ4v) is 5.69. The van der Waals surface area contributed by atoms with Crippen molar-refractivity contribution < 1.29 is 13.0 Å². The van der Waals surface area contributed by atoms with E-state index in [1.807, 2.05) is 12.4 Å². The van der Waals surface area contributed by atoms with Gasteiger partial charge in [0.25, 0.3) is 10.1 Å². The highest BCUT2D eigenvalue weighted by molar-refractivity contribution is 9.11. The lowest BCUT2D eigenvalue weighted by Gasteiger charge is -2.14. The molecular weight excluding hydrogens is 456 g/mol. The second kappa shape index (κ2) is 8.43. The lowest BCUT2D eigenvalue weighted by atomic mass is 9.92. The molecule has 0 aliphatic carbocycles. The van der Waals surface area contributed by atoms with Crippen LogP contribution in [0, 0.1) is 0 Å². The minimum Gasteiger partial charge on any atom is -0.361 e. The Balaban J connectivity index is 1.98. The van der Waals surface area contributed by atoms with Gasteiger partial charge in [-0.15, -0.1) is 11.3 Å². The van der Waals surface area contributed by atoms with E-state index in [4.69, 9.17) is 4.55 Å². The molecule has 0 radical (unpaired) electrons. The van der Waals surface area contributed by atoms with Crippen LogP contribution in [0.5, 0.6) is 0 Å². The summed E-state index contributed by atoms with van der Waals surface area (Å²) in [5.74, 6) is 0.722. The normalized spacial score (nSPS) is 13.3. The van der Waals surface area contributed by atoms with Gasteiger partial charge < -0.3 is 4.98 Å². The molecule has 140 valence electrons. The van der Waals surface area contributed by atoms with Crippen LogP contribution < -0.4 is 0 Å². The Morgan fingerprint density at radius 1 is 1.42 bits per heavy atom. The van der Waals surface area contributed by atoms with Gasteiger partial charge in [-0.1, -0.05) is 18.2 Å². The quantitative estimate of drug-likeness (QED) is 0.446. The van der Waals surface area contributed by atoms with E-state index in [-0.39, 0.29) is 11.7 Å². The molecule has 0 saturated heterocycles. The molecule has 0 bridgehead atoms. The molecule has 3 rings (SSSR count). The van der Waals surface area contributed by atoms with Crippen molar-refractivity contribution in [3.05, 3.63) is 50.5 Å². The van der Waals surface area contributed by atoms with Crippen molar-refractivity contribution in [2.45, 2.75) is 24.5 Å². The largest absolute Gasteiger partial charge is 0.361 e. The number of nitrogens with one attached hydrogen (secondary N) is 1. The first-order chi connectivity index (χ1) is 12.4. The Kier molecular flexibility index (Phi) is 6.45. The molecule has 0 saturated carbocycles. The first-order valence-electron chi connectivity index (χ1n) is 8.03. The molecule has 0 spiro atoms. The number of hydrogen-bond donors (Lipinski definition) is 2. The Morgan fingerprint density at radius 3 is 2.88 bits per heavy atom. The Bertz CT molecular complexity index is 998. The first kappa shape index (κ1) is 19.9. The molecule has 2 heterocycles. The van der Waals surface area contributed by atoms with Crippen LogP contribution in [0.2, 0.25) is 0 Å². The maximum absolute atomic E-state index is 11.1. The minimum atomic E-state index is -3.95. The van der Waals surface area contributed by atoms with Crippen molar-refractivity contribution in [2.75, 3.05) is 12.0 Å². The number of H-pyrrole nitrogens is 1. The lowest BCUT2D eigenvalue weighted by Crippen LogP contribution is -2.07. The lowest BCUT2D eigenvalue weighted by molar-refractivity contribution is 0.479. The smallest absolute Gasteiger partial charge is 0.264 e. The Labute approximate surface area is 169 Å². The summed E-state index contributed by atoms with van der Waals surface area (Å²) >= 11 is 6.73. The molecule has 2 aromatic heterocycles. The number of benzene rings is 1. The maximum atomic E-state index is 11.1. The summed E-state index contributed by atoms with van der Waals surface area (Å²) in [5.41, 5.74) is 3.51. The molecule has 1 aromatic carbocycles. The van der Waals surface area contributed by atoms with Gasteiger partial charge >= 0.3 is 0 Å². The van der Waals surface area contributed by atoms with E-state index in [2.05, 4.69) is 50.4 Å². The van der Waals surface area contributed by atoms with E-state index in [9.17, 15) is 8.42 Å². The van der Waals surface area contributed by atoms with Crippen LogP contribution in [0.25, 0.3) is 10.9 Å². The van der Waals surface area contributed by atoms with E-state index >= 15 is 0 Å². The molecule has 3 aromatic rings. The van der Waals surface area contributed by atoms with Gasteiger partial charge in [-0.2, -0.15) is 20.2 Å². The van der Waals surface area contributed by atoms with Gasteiger partial charge in [0.05, 0.1) is 5.75 Å². The Morgan fingerprint density at radius 2 is 2.23 bits per heavy atom. The van der Waals surface area contributed by atoms with E-state index in [0.717, 1.165) is 31.0 Å². The highest BCUT2D eigenvalue weighted by atomic mass is 79.9. The third kappa shape index (κ3) is 4.69. The Hall–Kier alpha value is -0.870. The molecule has 2 N–H and O–H groups in total. The average molecular weight is 475 g/mol. The van der Waals surface area contributed by atoms with Crippen LogP contribution in [-0.2, 0) is 15.9 Å². The summed E-state index contributed by atoms with van der Waals surface area (Å²) in [6.45, 7) is 0. The van der Waals surface area contributed by atoms with Gasteiger partial charge in [-0.05, 0) is 46.2 Å². The highest BCUT2D eigenvalue weighted by Gasteiger charge is 2.22. The van der Waals surface area contributed by atoms with Crippen molar-refractivity contribution in [2.24, 2.45) is 0 Å². The summed E-state index contributed by atoms with van der Waals surface area (Å²) < 4.78 is 32.0. The number of aromatic nitrogens is 2. The van der Waals surface area contributed by atoms with Crippen LogP contribution in [-0.4, -0.2) is 34.9 Å². The molecule has 1 unspecified atom stereocenters. The molecule has 0 aliphatic rings. The standard InChI is InChI=1S/C17H19BrN2O3S3/c1-24-10-11-4-2-5-13-14(8-19-16(11)13)12(6-3-7-26(21,22)23)15-9-20-17(18)25-15/h2,4-5,8-9,12,19H,3,6-7,10H2,1H3,(H,21,22,23). The molecule has 26 heavy (non-hydrogen) atoms. The van der Waals surface area contributed by atoms with Gasteiger partial charge in [0.15, 0.2) is 3.92 Å². The molecule has 0 aliphatic heterocycles. The summed E-state index contributed by atoms with van der Waals surface area (Å²) in [4.78, 5) is 8.75. The zero-order valence-electron chi connectivity index (χ0n) is 14.1. The zero-order chi connectivity index (χ0) is 18.7. The monoisotopic (exact) mass is 474 g/mol. The maximum Gasteiger partial charge on any atom is 0.264 e. The van der Waals surface area contributed by atoms with E-state index in [1.54, 1.807) is 23.1 Å². The number of thiazole rings is 1. The number of nitrogens with zero attached hydrogens (tertiary/aromatic N) is 1. The molecule has 9 heteroatoms. The van der Waals surface area contributed by atoms with E-state index in [0.29, 0.717) is 12.8 Å². The van der Waals surface area contributed by atoms with Crippen molar-refractivity contribution in [1.82, 2.24) is 9.97 Å². The predicted molar refractivity (Wildman–Crippen MR) is 113 cm³/mol.